The molecule has 0 aliphatic heterocycles. The maximum Gasteiger partial charge on any atom is 0.276 e. The third kappa shape index (κ3) is 5.20. The molecule has 0 aliphatic carbocycles. The summed E-state index contributed by atoms with van der Waals surface area (Å²) < 4.78 is 10.2. The fourth-order valence-corrected chi connectivity index (χ4v) is 1.82. The number of hydrogen-bond donors (Lipinski definition) is 2. The Labute approximate surface area is 142 Å². The molecule has 2 rings (SSSR count). The Bertz CT molecular complexity index is 776. The van der Waals surface area contributed by atoms with Gasteiger partial charge in [0.05, 0.1) is 12.0 Å². The molecule has 25 heavy (non-hydrogen) atoms. The highest BCUT2D eigenvalue weighted by molar-refractivity contribution is 5.96. The van der Waals surface area contributed by atoms with Crippen LogP contribution in [-0.4, -0.2) is 30.5 Å². The van der Waals surface area contributed by atoms with Crippen molar-refractivity contribution >= 4 is 17.5 Å². The number of nitrogens with one attached hydrogen (secondary N) is 2. The third-order valence-corrected chi connectivity index (χ3v) is 3.06. The summed E-state index contributed by atoms with van der Waals surface area (Å²) in [4.78, 5) is 33.6. The summed E-state index contributed by atoms with van der Waals surface area (Å²) in [6, 6.07) is 11.8. The van der Waals surface area contributed by atoms with Crippen LogP contribution in [0, 0.1) is 10.1 Å². The number of ether oxygens (including phenoxy) is 2. The topological polar surface area (TPSA) is 120 Å². The molecule has 2 aromatic rings. The number of hydrogen-bond acceptors (Lipinski definition) is 6. The molecule has 9 nitrogen and oxygen atoms in total. The average Bonchev–Trinajstić information content (AvgIpc) is 2.64. The van der Waals surface area contributed by atoms with Gasteiger partial charge < -0.3 is 9.47 Å². The SMILES string of the molecule is COc1ccc(OCC(=O)NNC(=O)c2cccc([N+](=O)[O-])c2)cc1. The lowest BCUT2D eigenvalue weighted by molar-refractivity contribution is -0.384. The van der Waals surface area contributed by atoms with Crippen molar-refractivity contribution in [1.82, 2.24) is 10.9 Å². The number of hydrazine groups is 1. The average molecular weight is 345 g/mol. The second-order valence-corrected chi connectivity index (χ2v) is 4.77. The van der Waals surface area contributed by atoms with Crippen molar-refractivity contribution in [2.45, 2.75) is 0 Å². The molecule has 2 N–H and O–H groups in total. The molecule has 0 saturated heterocycles. The molecular formula is C16H15N3O6. The number of nitrogens with zero attached hydrogens (tertiary/aromatic N) is 1. The fourth-order valence-electron chi connectivity index (χ4n) is 1.82. The summed E-state index contributed by atoms with van der Waals surface area (Å²) in [6.07, 6.45) is 0. The van der Waals surface area contributed by atoms with E-state index in [4.69, 9.17) is 9.47 Å². The van der Waals surface area contributed by atoms with E-state index in [1.807, 2.05) is 0 Å². The van der Waals surface area contributed by atoms with E-state index in [-0.39, 0.29) is 17.9 Å². The van der Waals surface area contributed by atoms with Gasteiger partial charge in [0.15, 0.2) is 6.61 Å². The van der Waals surface area contributed by atoms with Crippen molar-refractivity contribution in [2.24, 2.45) is 0 Å². The van der Waals surface area contributed by atoms with Crippen LogP contribution in [0.4, 0.5) is 5.69 Å². The van der Waals surface area contributed by atoms with Crippen LogP contribution in [0.25, 0.3) is 0 Å². The number of amides is 2. The molecule has 0 atom stereocenters. The first-order valence-electron chi connectivity index (χ1n) is 7.10. The van der Waals surface area contributed by atoms with E-state index in [0.29, 0.717) is 11.5 Å². The van der Waals surface area contributed by atoms with Gasteiger partial charge in [0.1, 0.15) is 11.5 Å². The van der Waals surface area contributed by atoms with Crippen LogP contribution in [0.5, 0.6) is 11.5 Å². The quantitative estimate of drug-likeness (QED) is 0.604. The summed E-state index contributed by atoms with van der Waals surface area (Å²) >= 11 is 0. The van der Waals surface area contributed by atoms with E-state index < -0.39 is 16.7 Å². The molecule has 0 aromatic heterocycles. The Morgan fingerprint density at radius 3 is 2.40 bits per heavy atom. The number of non-ortho nitro benzene ring substituents is 1. The van der Waals surface area contributed by atoms with Crippen LogP contribution in [0.3, 0.4) is 0 Å². The van der Waals surface area contributed by atoms with Gasteiger partial charge in [-0.15, -0.1) is 0 Å². The number of nitro groups is 1. The van der Waals surface area contributed by atoms with E-state index in [2.05, 4.69) is 10.9 Å². The molecule has 130 valence electrons. The van der Waals surface area contributed by atoms with E-state index in [9.17, 15) is 19.7 Å². The van der Waals surface area contributed by atoms with Crippen molar-refractivity contribution in [3.05, 3.63) is 64.2 Å². The summed E-state index contributed by atoms with van der Waals surface area (Å²) in [6.45, 7) is -0.318. The van der Waals surface area contributed by atoms with E-state index in [1.54, 1.807) is 24.3 Å². The first kappa shape index (κ1) is 17.7. The first-order valence-corrected chi connectivity index (χ1v) is 7.10. The van der Waals surface area contributed by atoms with E-state index in [1.165, 1.54) is 25.3 Å². The number of carbonyl (C=O) groups is 2. The van der Waals surface area contributed by atoms with Gasteiger partial charge in [0.2, 0.25) is 0 Å². The standard InChI is InChI=1S/C16H15N3O6/c1-24-13-5-7-14(8-6-13)25-10-15(20)17-18-16(21)11-3-2-4-12(9-11)19(22)23/h2-9H,10H2,1H3,(H,17,20)(H,18,21). The molecule has 0 aliphatic rings. The zero-order chi connectivity index (χ0) is 18.2. The van der Waals surface area contributed by atoms with Crippen LogP contribution < -0.4 is 20.3 Å². The number of methoxy groups -OCH3 is 1. The minimum absolute atomic E-state index is 0.0468. The molecular weight excluding hydrogens is 330 g/mol. The third-order valence-electron chi connectivity index (χ3n) is 3.06. The Kier molecular flexibility index (Phi) is 5.88. The Balaban J connectivity index is 1.81. The Hall–Kier alpha value is -3.62. The monoisotopic (exact) mass is 345 g/mol. The predicted octanol–water partition coefficient (Wildman–Crippen LogP) is 1.44. The van der Waals surface area contributed by atoms with Gasteiger partial charge >= 0.3 is 0 Å². The minimum Gasteiger partial charge on any atom is -0.497 e. The summed E-state index contributed by atoms with van der Waals surface area (Å²) in [5.74, 6) is -0.155. The zero-order valence-electron chi connectivity index (χ0n) is 13.2. The van der Waals surface area contributed by atoms with E-state index in [0.717, 1.165) is 6.07 Å². The highest BCUT2D eigenvalue weighted by Crippen LogP contribution is 2.16. The first-order chi connectivity index (χ1) is 12.0. The van der Waals surface area contributed by atoms with Crippen LogP contribution in [0.15, 0.2) is 48.5 Å². The smallest absolute Gasteiger partial charge is 0.276 e. The van der Waals surface area contributed by atoms with E-state index >= 15 is 0 Å². The van der Waals surface area contributed by atoms with Crippen molar-refractivity contribution in [3.8, 4) is 11.5 Å². The second kappa shape index (κ2) is 8.29. The van der Waals surface area contributed by atoms with Crippen molar-refractivity contribution < 1.29 is 24.0 Å². The maximum absolute atomic E-state index is 11.9. The maximum atomic E-state index is 11.9. The lowest BCUT2D eigenvalue weighted by Crippen LogP contribution is -2.43. The lowest BCUT2D eigenvalue weighted by Gasteiger charge is -2.09. The van der Waals surface area contributed by atoms with Crippen molar-refractivity contribution in [2.75, 3.05) is 13.7 Å². The summed E-state index contributed by atoms with van der Waals surface area (Å²) in [7, 11) is 1.54. The van der Waals surface area contributed by atoms with Crippen molar-refractivity contribution in [3.63, 3.8) is 0 Å². The van der Waals surface area contributed by atoms with Gasteiger partial charge in [-0.25, -0.2) is 0 Å². The molecule has 2 aromatic carbocycles. The molecule has 0 heterocycles. The summed E-state index contributed by atoms with van der Waals surface area (Å²) in [5.41, 5.74) is 4.15. The van der Waals surface area contributed by atoms with Crippen LogP contribution in [0.1, 0.15) is 10.4 Å². The number of nitro benzene ring substituents is 1. The van der Waals surface area contributed by atoms with Gasteiger partial charge in [-0.3, -0.25) is 30.6 Å². The van der Waals surface area contributed by atoms with Gasteiger partial charge in [-0.2, -0.15) is 0 Å². The van der Waals surface area contributed by atoms with Gasteiger partial charge in [0.25, 0.3) is 17.5 Å². The number of benzene rings is 2. The fraction of sp³-hybridized carbons (Fsp3) is 0.125. The van der Waals surface area contributed by atoms with Gasteiger partial charge in [-0.1, -0.05) is 6.07 Å². The van der Waals surface area contributed by atoms with Crippen LogP contribution >= 0.6 is 0 Å². The zero-order valence-corrected chi connectivity index (χ0v) is 13.2. The Morgan fingerprint density at radius 1 is 1.08 bits per heavy atom. The lowest BCUT2D eigenvalue weighted by atomic mass is 10.2. The minimum atomic E-state index is -0.679. The molecule has 0 unspecified atom stereocenters. The summed E-state index contributed by atoms with van der Waals surface area (Å²) in [5, 5.41) is 10.7. The molecule has 2 amide bonds. The van der Waals surface area contributed by atoms with Crippen LogP contribution in [-0.2, 0) is 4.79 Å². The largest absolute Gasteiger partial charge is 0.497 e. The molecule has 9 heteroatoms. The highest BCUT2D eigenvalue weighted by Gasteiger charge is 2.12. The van der Waals surface area contributed by atoms with Crippen LogP contribution in [0.2, 0.25) is 0 Å². The number of rotatable bonds is 6. The molecule has 0 spiro atoms. The molecule has 0 radical (unpaired) electrons. The molecule has 0 bridgehead atoms. The number of carbonyl (C=O) groups excluding carboxylic acids is 2. The molecule has 0 saturated carbocycles. The normalized spacial score (nSPS) is 9.80. The second-order valence-electron chi connectivity index (χ2n) is 4.77. The van der Waals surface area contributed by atoms with Gasteiger partial charge in [0, 0.05) is 17.7 Å². The van der Waals surface area contributed by atoms with Crippen molar-refractivity contribution in [1.29, 1.82) is 0 Å². The molecule has 0 fully saturated rings. The highest BCUT2D eigenvalue weighted by atomic mass is 16.6. The Morgan fingerprint density at radius 2 is 1.76 bits per heavy atom. The van der Waals surface area contributed by atoms with Gasteiger partial charge in [-0.05, 0) is 30.3 Å². The predicted molar refractivity (Wildman–Crippen MR) is 87.2 cm³/mol.